The lowest BCUT2D eigenvalue weighted by Gasteiger charge is -2.38. The van der Waals surface area contributed by atoms with Gasteiger partial charge in [0.25, 0.3) is 0 Å². The van der Waals surface area contributed by atoms with Crippen LogP contribution in [-0.2, 0) is 9.53 Å². The molecule has 0 saturated heterocycles. The van der Waals surface area contributed by atoms with Gasteiger partial charge in [-0.15, -0.1) is 0 Å². The summed E-state index contributed by atoms with van der Waals surface area (Å²) in [6.45, 7) is 7.54. The van der Waals surface area contributed by atoms with Crippen LogP contribution >= 0.6 is 0 Å². The SMILES string of the molecule is CCC(=CCN(C)C1CCC(C)(C)CC1)C(=O)OC. The molecule has 0 spiro atoms. The molecule has 0 atom stereocenters. The van der Waals surface area contributed by atoms with Gasteiger partial charge in [0.05, 0.1) is 7.11 Å². The van der Waals surface area contributed by atoms with Gasteiger partial charge in [0.2, 0.25) is 0 Å². The van der Waals surface area contributed by atoms with Gasteiger partial charge in [0.15, 0.2) is 0 Å². The second kappa shape index (κ2) is 7.09. The quantitative estimate of drug-likeness (QED) is 0.565. The fourth-order valence-corrected chi connectivity index (χ4v) is 2.73. The molecule has 1 fully saturated rings. The van der Waals surface area contributed by atoms with Crippen molar-refractivity contribution in [3.05, 3.63) is 11.6 Å². The van der Waals surface area contributed by atoms with E-state index in [4.69, 9.17) is 4.74 Å². The first kappa shape index (κ1) is 16.2. The zero-order valence-corrected chi connectivity index (χ0v) is 13.2. The molecule has 0 aromatic heterocycles. The summed E-state index contributed by atoms with van der Waals surface area (Å²) in [5.41, 5.74) is 1.29. The van der Waals surface area contributed by atoms with Crippen molar-refractivity contribution in [3.63, 3.8) is 0 Å². The highest BCUT2D eigenvalue weighted by atomic mass is 16.5. The van der Waals surface area contributed by atoms with Gasteiger partial charge in [-0.3, -0.25) is 4.90 Å². The molecule has 1 aliphatic rings. The third-order valence-corrected chi connectivity index (χ3v) is 4.39. The van der Waals surface area contributed by atoms with E-state index in [2.05, 4.69) is 25.8 Å². The van der Waals surface area contributed by atoms with Crippen LogP contribution in [0.15, 0.2) is 11.6 Å². The number of carbonyl (C=O) groups excluding carboxylic acids is 1. The maximum Gasteiger partial charge on any atom is 0.333 e. The number of hydrogen-bond donors (Lipinski definition) is 0. The Morgan fingerprint density at radius 3 is 2.42 bits per heavy atom. The predicted molar refractivity (Wildman–Crippen MR) is 79.1 cm³/mol. The van der Waals surface area contributed by atoms with Gasteiger partial charge in [-0.05, 0) is 44.6 Å². The zero-order chi connectivity index (χ0) is 14.5. The standard InChI is InChI=1S/C16H29NO2/c1-6-13(15(18)19-5)9-12-17(4)14-7-10-16(2,3)11-8-14/h9,14H,6-8,10-12H2,1-5H3. The summed E-state index contributed by atoms with van der Waals surface area (Å²) in [5, 5.41) is 0. The molecule has 0 unspecified atom stereocenters. The van der Waals surface area contributed by atoms with Crippen LogP contribution in [0, 0.1) is 5.41 Å². The molecule has 1 rings (SSSR count). The predicted octanol–water partition coefficient (Wildman–Crippen LogP) is 3.40. The van der Waals surface area contributed by atoms with Gasteiger partial charge in [0, 0.05) is 18.2 Å². The van der Waals surface area contributed by atoms with E-state index in [1.54, 1.807) is 0 Å². The first-order valence-electron chi connectivity index (χ1n) is 7.37. The summed E-state index contributed by atoms with van der Waals surface area (Å²) >= 11 is 0. The normalized spacial score (nSPS) is 20.6. The Bertz CT molecular complexity index is 324. The number of carbonyl (C=O) groups is 1. The second-order valence-electron chi connectivity index (χ2n) is 6.41. The molecule has 3 nitrogen and oxygen atoms in total. The van der Waals surface area contributed by atoms with Gasteiger partial charge in [-0.1, -0.05) is 26.8 Å². The number of rotatable bonds is 5. The summed E-state index contributed by atoms with van der Waals surface area (Å²) in [5.74, 6) is -0.194. The first-order chi connectivity index (χ1) is 8.89. The second-order valence-corrected chi connectivity index (χ2v) is 6.41. The molecule has 0 aliphatic heterocycles. The van der Waals surface area contributed by atoms with E-state index in [0.717, 1.165) is 18.5 Å². The minimum absolute atomic E-state index is 0.194. The van der Waals surface area contributed by atoms with Crippen molar-refractivity contribution in [2.24, 2.45) is 5.41 Å². The Hall–Kier alpha value is -0.830. The van der Waals surface area contributed by atoms with Gasteiger partial charge in [-0.2, -0.15) is 0 Å². The summed E-state index contributed by atoms with van der Waals surface area (Å²) in [7, 11) is 3.60. The monoisotopic (exact) mass is 267 g/mol. The van der Waals surface area contributed by atoms with Crippen LogP contribution in [0.3, 0.4) is 0 Å². The Morgan fingerprint density at radius 1 is 1.37 bits per heavy atom. The van der Waals surface area contributed by atoms with E-state index in [1.165, 1.54) is 32.8 Å². The largest absolute Gasteiger partial charge is 0.466 e. The highest BCUT2D eigenvalue weighted by molar-refractivity contribution is 5.88. The number of hydrogen-bond acceptors (Lipinski definition) is 3. The number of nitrogens with zero attached hydrogens (tertiary/aromatic N) is 1. The smallest absolute Gasteiger partial charge is 0.333 e. The molecule has 0 N–H and O–H groups in total. The molecule has 1 aliphatic carbocycles. The molecule has 110 valence electrons. The van der Waals surface area contributed by atoms with Crippen molar-refractivity contribution < 1.29 is 9.53 Å². The van der Waals surface area contributed by atoms with E-state index in [1.807, 2.05) is 13.0 Å². The third-order valence-electron chi connectivity index (χ3n) is 4.39. The van der Waals surface area contributed by atoms with Crippen LogP contribution in [0.5, 0.6) is 0 Å². The Labute approximate surface area is 118 Å². The van der Waals surface area contributed by atoms with Crippen LogP contribution in [0.2, 0.25) is 0 Å². The average molecular weight is 267 g/mol. The highest BCUT2D eigenvalue weighted by Crippen LogP contribution is 2.36. The van der Waals surface area contributed by atoms with E-state index in [0.29, 0.717) is 11.5 Å². The molecular weight excluding hydrogens is 238 g/mol. The maximum absolute atomic E-state index is 11.5. The van der Waals surface area contributed by atoms with Crippen LogP contribution in [0.1, 0.15) is 52.9 Å². The zero-order valence-electron chi connectivity index (χ0n) is 13.2. The topological polar surface area (TPSA) is 29.5 Å². The minimum Gasteiger partial charge on any atom is -0.466 e. The molecular formula is C16H29NO2. The summed E-state index contributed by atoms with van der Waals surface area (Å²) < 4.78 is 4.78. The molecule has 0 aromatic rings. The molecule has 1 saturated carbocycles. The molecule has 0 bridgehead atoms. The number of esters is 1. The van der Waals surface area contributed by atoms with Crippen molar-refractivity contribution in [1.82, 2.24) is 4.90 Å². The molecule has 0 amide bonds. The van der Waals surface area contributed by atoms with Gasteiger partial charge >= 0.3 is 5.97 Å². The lowest BCUT2D eigenvalue weighted by molar-refractivity contribution is -0.136. The fourth-order valence-electron chi connectivity index (χ4n) is 2.73. The van der Waals surface area contributed by atoms with Crippen molar-refractivity contribution >= 4 is 5.97 Å². The molecule has 3 heteroatoms. The van der Waals surface area contributed by atoms with Crippen molar-refractivity contribution in [1.29, 1.82) is 0 Å². The summed E-state index contributed by atoms with van der Waals surface area (Å²) in [6.07, 6.45) is 7.87. The fraction of sp³-hybridized carbons (Fsp3) is 0.812. The van der Waals surface area contributed by atoms with Crippen molar-refractivity contribution in [2.45, 2.75) is 58.9 Å². The summed E-state index contributed by atoms with van der Waals surface area (Å²) in [6, 6.07) is 0.653. The number of methoxy groups -OCH3 is 1. The van der Waals surface area contributed by atoms with Crippen molar-refractivity contribution in [3.8, 4) is 0 Å². The van der Waals surface area contributed by atoms with Crippen LogP contribution in [0.4, 0.5) is 0 Å². The first-order valence-corrected chi connectivity index (χ1v) is 7.37. The van der Waals surface area contributed by atoms with Gasteiger partial charge in [0.1, 0.15) is 0 Å². The lowest BCUT2D eigenvalue weighted by Crippen LogP contribution is -2.37. The van der Waals surface area contributed by atoms with Crippen LogP contribution in [-0.4, -0.2) is 37.6 Å². The Balaban J connectivity index is 2.49. The van der Waals surface area contributed by atoms with E-state index in [9.17, 15) is 4.79 Å². The number of likely N-dealkylation sites (N-methyl/N-ethyl adjacent to an activating group) is 1. The van der Waals surface area contributed by atoms with E-state index in [-0.39, 0.29) is 5.97 Å². The third kappa shape index (κ3) is 4.98. The Kier molecular flexibility index (Phi) is 6.05. The Morgan fingerprint density at radius 2 is 1.95 bits per heavy atom. The highest BCUT2D eigenvalue weighted by Gasteiger charge is 2.28. The molecule has 0 heterocycles. The maximum atomic E-state index is 11.5. The van der Waals surface area contributed by atoms with E-state index < -0.39 is 0 Å². The van der Waals surface area contributed by atoms with E-state index >= 15 is 0 Å². The number of ether oxygens (including phenoxy) is 1. The van der Waals surface area contributed by atoms with Crippen molar-refractivity contribution in [2.75, 3.05) is 20.7 Å². The summed E-state index contributed by atoms with van der Waals surface area (Å²) in [4.78, 5) is 13.9. The lowest BCUT2D eigenvalue weighted by atomic mass is 9.75. The average Bonchev–Trinajstić information content (AvgIpc) is 2.38. The van der Waals surface area contributed by atoms with Gasteiger partial charge in [-0.25, -0.2) is 4.79 Å². The van der Waals surface area contributed by atoms with Crippen LogP contribution < -0.4 is 0 Å². The molecule has 0 radical (unpaired) electrons. The van der Waals surface area contributed by atoms with Gasteiger partial charge < -0.3 is 4.74 Å². The molecule has 19 heavy (non-hydrogen) atoms. The van der Waals surface area contributed by atoms with Crippen LogP contribution in [0.25, 0.3) is 0 Å². The molecule has 0 aromatic carbocycles. The minimum atomic E-state index is -0.194.